The van der Waals surface area contributed by atoms with Crippen molar-refractivity contribution in [2.45, 2.75) is 38.1 Å². The molecule has 1 saturated heterocycles. The van der Waals surface area contributed by atoms with Crippen LogP contribution < -0.4 is 5.32 Å². The van der Waals surface area contributed by atoms with Crippen molar-refractivity contribution in [1.82, 2.24) is 5.32 Å². The van der Waals surface area contributed by atoms with Crippen LogP contribution in [-0.2, 0) is 20.7 Å². The van der Waals surface area contributed by atoms with Crippen LogP contribution in [-0.4, -0.2) is 35.7 Å². The Balaban J connectivity index is 1.90. The van der Waals surface area contributed by atoms with Crippen molar-refractivity contribution in [3.05, 3.63) is 35.4 Å². The number of carboxylic acid groups (broad SMARTS) is 1. The SMILES string of the molecule is Cc1ccc(CCC(=O)NC2(C(=O)O)CCOCC2)cc1. The molecule has 0 saturated carbocycles. The summed E-state index contributed by atoms with van der Waals surface area (Å²) in [5.74, 6) is -1.20. The third-order valence-corrected chi connectivity index (χ3v) is 3.90. The molecule has 0 bridgehead atoms. The van der Waals surface area contributed by atoms with Crippen molar-refractivity contribution in [2.75, 3.05) is 13.2 Å². The number of ether oxygens (including phenoxy) is 1. The van der Waals surface area contributed by atoms with Crippen LogP contribution in [0.3, 0.4) is 0 Å². The third-order valence-electron chi connectivity index (χ3n) is 3.90. The Kier molecular flexibility index (Phi) is 4.96. The molecule has 2 N–H and O–H groups in total. The summed E-state index contributed by atoms with van der Waals surface area (Å²) in [5.41, 5.74) is 1.09. The van der Waals surface area contributed by atoms with Crippen molar-refractivity contribution < 1.29 is 19.4 Å². The van der Waals surface area contributed by atoms with Crippen LogP contribution in [0.4, 0.5) is 0 Å². The van der Waals surface area contributed by atoms with Crippen LogP contribution in [0.15, 0.2) is 24.3 Å². The highest BCUT2D eigenvalue weighted by Crippen LogP contribution is 2.21. The first-order valence-corrected chi connectivity index (χ1v) is 7.19. The molecular formula is C16H21NO4. The lowest BCUT2D eigenvalue weighted by molar-refractivity contribution is -0.152. The molecule has 5 nitrogen and oxygen atoms in total. The molecule has 5 heteroatoms. The zero-order valence-electron chi connectivity index (χ0n) is 12.2. The third kappa shape index (κ3) is 4.04. The van der Waals surface area contributed by atoms with Crippen LogP contribution in [0.1, 0.15) is 30.4 Å². The van der Waals surface area contributed by atoms with Crippen LogP contribution in [0.25, 0.3) is 0 Å². The molecule has 0 radical (unpaired) electrons. The first-order valence-electron chi connectivity index (χ1n) is 7.19. The van der Waals surface area contributed by atoms with E-state index in [0.29, 0.717) is 38.9 Å². The molecule has 1 aromatic carbocycles. The topological polar surface area (TPSA) is 75.6 Å². The van der Waals surface area contributed by atoms with Gasteiger partial charge in [0.25, 0.3) is 0 Å². The van der Waals surface area contributed by atoms with Gasteiger partial charge in [-0.3, -0.25) is 4.79 Å². The lowest BCUT2D eigenvalue weighted by Gasteiger charge is -2.33. The van der Waals surface area contributed by atoms with Crippen LogP contribution in [0.2, 0.25) is 0 Å². The largest absolute Gasteiger partial charge is 0.480 e. The molecule has 1 aliphatic heterocycles. The maximum Gasteiger partial charge on any atom is 0.329 e. The summed E-state index contributed by atoms with van der Waals surface area (Å²) in [7, 11) is 0. The van der Waals surface area contributed by atoms with Gasteiger partial charge >= 0.3 is 5.97 Å². The number of benzene rings is 1. The van der Waals surface area contributed by atoms with E-state index >= 15 is 0 Å². The number of aryl methyl sites for hydroxylation is 2. The van der Waals surface area contributed by atoms with E-state index in [2.05, 4.69) is 5.32 Å². The molecule has 0 atom stereocenters. The Hall–Kier alpha value is -1.88. The van der Waals surface area contributed by atoms with E-state index in [1.165, 1.54) is 5.56 Å². The van der Waals surface area contributed by atoms with E-state index in [1.54, 1.807) is 0 Å². The van der Waals surface area contributed by atoms with E-state index in [9.17, 15) is 14.7 Å². The fraction of sp³-hybridized carbons (Fsp3) is 0.500. The molecule has 114 valence electrons. The molecule has 0 spiro atoms. The number of carbonyl (C=O) groups excluding carboxylic acids is 1. The van der Waals surface area contributed by atoms with Gasteiger partial charge in [-0.1, -0.05) is 29.8 Å². The first-order chi connectivity index (χ1) is 10.0. The summed E-state index contributed by atoms with van der Waals surface area (Å²) in [4.78, 5) is 23.5. The van der Waals surface area contributed by atoms with Gasteiger partial charge in [-0.2, -0.15) is 0 Å². The Labute approximate surface area is 124 Å². The normalized spacial score (nSPS) is 17.2. The van der Waals surface area contributed by atoms with Gasteiger partial charge in [0.1, 0.15) is 5.54 Å². The number of aliphatic carboxylic acids is 1. The van der Waals surface area contributed by atoms with Gasteiger partial charge in [-0.15, -0.1) is 0 Å². The quantitative estimate of drug-likeness (QED) is 0.865. The van der Waals surface area contributed by atoms with Crippen molar-refractivity contribution >= 4 is 11.9 Å². The van der Waals surface area contributed by atoms with E-state index in [-0.39, 0.29) is 5.91 Å². The molecule has 21 heavy (non-hydrogen) atoms. The van der Waals surface area contributed by atoms with Crippen molar-refractivity contribution in [2.24, 2.45) is 0 Å². The Bertz CT molecular complexity index is 504. The molecule has 0 unspecified atom stereocenters. The maximum absolute atomic E-state index is 12.0. The fourth-order valence-corrected chi connectivity index (χ4v) is 2.45. The Morgan fingerprint density at radius 3 is 2.43 bits per heavy atom. The fourth-order valence-electron chi connectivity index (χ4n) is 2.45. The molecule has 0 aliphatic carbocycles. The van der Waals surface area contributed by atoms with Crippen LogP contribution in [0, 0.1) is 6.92 Å². The van der Waals surface area contributed by atoms with Crippen LogP contribution >= 0.6 is 0 Å². The highest BCUT2D eigenvalue weighted by atomic mass is 16.5. The summed E-state index contributed by atoms with van der Waals surface area (Å²) >= 11 is 0. The van der Waals surface area contributed by atoms with Crippen molar-refractivity contribution in [3.8, 4) is 0 Å². The van der Waals surface area contributed by atoms with Crippen molar-refractivity contribution in [1.29, 1.82) is 0 Å². The Morgan fingerprint density at radius 1 is 1.24 bits per heavy atom. The molecule has 1 heterocycles. The smallest absolute Gasteiger partial charge is 0.329 e. The predicted molar refractivity (Wildman–Crippen MR) is 78.1 cm³/mol. The number of carbonyl (C=O) groups is 2. The average Bonchev–Trinajstić information content (AvgIpc) is 2.47. The second-order valence-electron chi connectivity index (χ2n) is 5.53. The standard InChI is InChI=1S/C16H21NO4/c1-12-2-4-13(5-3-12)6-7-14(18)17-16(15(19)20)8-10-21-11-9-16/h2-5H,6-11H2,1H3,(H,17,18)(H,19,20). The molecule has 0 aromatic heterocycles. The lowest BCUT2D eigenvalue weighted by Crippen LogP contribution is -2.57. The molecule has 1 aromatic rings. The van der Waals surface area contributed by atoms with E-state index in [0.717, 1.165) is 5.56 Å². The highest BCUT2D eigenvalue weighted by molar-refractivity contribution is 5.87. The Morgan fingerprint density at radius 2 is 1.86 bits per heavy atom. The van der Waals surface area contributed by atoms with E-state index in [1.807, 2.05) is 31.2 Å². The van der Waals surface area contributed by atoms with Gasteiger partial charge in [0.2, 0.25) is 5.91 Å². The molecule has 1 aliphatic rings. The number of hydrogen-bond donors (Lipinski definition) is 2. The summed E-state index contributed by atoms with van der Waals surface area (Å²) in [6.07, 6.45) is 1.54. The molecule has 2 rings (SSSR count). The highest BCUT2D eigenvalue weighted by Gasteiger charge is 2.41. The summed E-state index contributed by atoms with van der Waals surface area (Å²) in [6, 6.07) is 7.99. The lowest BCUT2D eigenvalue weighted by atomic mass is 9.90. The number of hydrogen-bond acceptors (Lipinski definition) is 3. The van der Waals surface area contributed by atoms with E-state index in [4.69, 9.17) is 4.74 Å². The van der Waals surface area contributed by atoms with E-state index < -0.39 is 11.5 Å². The predicted octanol–water partition coefficient (Wildman–Crippen LogP) is 1.68. The average molecular weight is 291 g/mol. The summed E-state index contributed by atoms with van der Waals surface area (Å²) < 4.78 is 5.18. The number of amides is 1. The summed E-state index contributed by atoms with van der Waals surface area (Å²) in [6.45, 7) is 2.74. The van der Waals surface area contributed by atoms with Gasteiger partial charge in [-0.05, 0) is 18.9 Å². The van der Waals surface area contributed by atoms with Crippen molar-refractivity contribution in [3.63, 3.8) is 0 Å². The van der Waals surface area contributed by atoms with Gasteiger partial charge in [0.15, 0.2) is 0 Å². The van der Waals surface area contributed by atoms with Gasteiger partial charge in [0.05, 0.1) is 0 Å². The zero-order valence-corrected chi connectivity index (χ0v) is 12.2. The second kappa shape index (κ2) is 6.72. The first kappa shape index (κ1) is 15.5. The van der Waals surface area contributed by atoms with Gasteiger partial charge < -0.3 is 15.2 Å². The minimum Gasteiger partial charge on any atom is -0.480 e. The minimum atomic E-state index is -1.16. The number of carboxylic acids is 1. The number of rotatable bonds is 5. The summed E-state index contributed by atoms with van der Waals surface area (Å²) in [5, 5.41) is 12.1. The zero-order chi connectivity index (χ0) is 15.3. The monoisotopic (exact) mass is 291 g/mol. The molecule has 1 amide bonds. The minimum absolute atomic E-state index is 0.222. The molecular weight excluding hydrogens is 270 g/mol. The van der Waals surface area contributed by atoms with Gasteiger partial charge in [-0.25, -0.2) is 4.79 Å². The maximum atomic E-state index is 12.0. The van der Waals surface area contributed by atoms with Gasteiger partial charge in [0, 0.05) is 32.5 Å². The second-order valence-corrected chi connectivity index (χ2v) is 5.53. The number of nitrogens with one attached hydrogen (secondary N) is 1. The molecule has 1 fully saturated rings. The van der Waals surface area contributed by atoms with Crippen LogP contribution in [0.5, 0.6) is 0 Å².